The molecule has 0 saturated carbocycles. The van der Waals surface area contributed by atoms with E-state index in [2.05, 4.69) is 4.74 Å². The van der Waals surface area contributed by atoms with Gasteiger partial charge in [0.05, 0.1) is 7.11 Å². The summed E-state index contributed by atoms with van der Waals surface area (Å²) in [7, 11) is 1.45. The molecule has 0 saturated heterocycles. The molecule has 0 heterocycles. The van der Waals surface area contributed by atoms with Crippen molar-refractivity contribution in [2.45, 2.75) is 0 Å². The van der Waals surface area contributed by atoms with Gasteiger partial charge in [-0.3, -0.25) is 4.79 Å². The van der Waals surface area contributed by atoms with Gasteiger partial charge in [-0.05, 0) is 12.1 Å². The van der Waals surface area contributed by atoms with Gasteiger partial charge in [-0.2, -0.15) is 0 Å². The molecule has 0 bridgehead atoms. The highest BCUT2D eigenvalue weighted by molar-refractivity contribution is 5.52. The van der Waals surface area contributed by atoms with Crippen LogP contribution in [0.1, 0.15) is 0 Å². The Kier molecular flexibility index (Phi) is 2.53. The Hall–Kier alpha value is -1.71. The molecular formula is C8H8O4. The molecule has 0 aliphatic rings. The van der Waals surface area contributed by atoms with Crippen LogP contribution < -0.4 is 9.47 Å². The van der Waals surface area contributed by atoms with E-state index in [9.17, 15) is 4.79 Å². The average molecular weight is 168 g/mol. The molecule has 12 heavy (non-hydrogen) atoms. The molecule has 0 aliphatic heterocycles. The van der Waals surface area contributed by atoms with Gasteiger partial charge in [0.25, 0.3) is 6.47 Å². The van der Waals surface area contributed by atoms with E-state index in [-0.39, 0.29) is 18.0 Å². The minimum Gasteiger partial charge on any atom is -0.508 e. The van der Waals surface area contributed by atoms with Gasteiger partial charge in [0.15, 0.2) is 11.5 Å². The minimum absolute atomic E-state index is 0.0210. The van der Waals surface area contributed by atoms with E-state index in [1.165, 1.54) is 25.3 Å². The number of ether oxygens (including phenoxy) is 2. The summed E-state index contributed by atoms with van der Waals surface area (Å²) < 4.78 is 9.40. The molecule has 0 aliphatic carbocycles. The van der Waals surface area contributed by atoms with Crippen LogP contribution in [0.5, 0.6) is 17.2 Å². The van der Waals surface area contributed by atoms with Gasteiger partial charge >= 0.3 is 0 Å². The standard InChI is InChI=1S/C8H8O4/c1-11-7-3-2-6(10)4-8(7)12-5-9/h2-5,10H,1H3. The SMILES string of the molecule is COc1ccc(O)cc1OC=O. The molecule has 0 fully saturated rings. The predicted molar refractivity (Wildman–Crippen MR) is 41.4 cm³/mol. The Bertz CT molecular complexity index is 282. The largest absolute Gasteiger partial charge is 0.508 e. The third-order valence-corrected chi connectivity index (χ3v) is 1.32. The maximum atomic E-state index is 9.99. The number of hydrogen-bond acceptors (Lipinski definition) is 4. The number of hydrogen-bond donors (Lipinski definition) is 1. The smallest absolute Gasteiger partial charge is 0.298 e. The summed E-state index contributed by atoms with van der Waals surface area (Å²) in [5, 5.41) is 9.01. The summed E-state index contributed by atoms with van der Waals surface area (Å²) in [5.41, 5.74) is 0. The highest BCUT2D eigenvalue weighted by Gasteiger charge is 2.03. The molecule has 1 N–H and O–H groups in total. The maximum absolute atomic E-state index is 9.99. The summed E-state index contributed by atoms with van der Waals surface area (Å²) in [5.74, 6) is 0.625. The number of carbonyl (C=O) groups excluding carboxylic acids is 1. The Morgan fingerprint density at radius 1 is 1.42 bits per heavy atom. The fourth-order valence-electron chi connectivity index (χ4n) is 0.809. The van der Waals surface area contributed by atoms with Crippen molar-refractivity contribution < 1.29 is 19.4 Å². The number of phenols is 1. The number of aromatic hydroxyl groups is 1. The van der Waals surface area contributed by atoms with Crippen LogP contribution in [0.4, 0.5) is 0 Å². The van der Waals surface area contributed by atoms with Crippen LogP contribution in [0.3, 0.4) is 0 Å². The number of rotatable bonds is 3. The van der Waals surface area contributed by atoms with Crippen molar-refractivity contribution in [3.63, 3.8) is 0 Å². The Morgan fingerprint density at radius 3 is 2.75 bits per heavy atom. The van der Waals surface area contributed by atoms with Gasteiger partial charge in [-0.1, -0.05) is 0 Å². The molecule has 0 aromatic heterocycles. The van der Waals surface area contributed by atoms with Crippen molar-refractivity contribution >= 4 is 6.47 Å². The summed E-state index contributed by atoms with van der Waals surface area (Å²) in [4.78, 5) is 9.99. The van der Waals surface area contributed by atoms with Crippen LogP contribution >= 0.6 is 0 Å². The lowest BCUT2D eigenvalue weighted by atomic mass is 10.3. The van der Waals surface area contributed by atoms with Crippen LogP contribution in [0.2, 0.25) is 0 Å². The number of phenolic OH excluding ortho intramolecular Hbond substituents is 1. The van der Waals surface area contributed by atoms with Gasteiger partial charge in [0.1, 0.15) is 5.75 Å². The second-order valence-corrected chi connectivity index (χ2v) is 2.05. The molecule has 1 rings (SSSR count). The average Bonchev–Trinajstić information content (AvgIpc) is 2.05. The van der Waals surface area contributed by atoms with Crippen molar-refractivity contribution in [2.75, 3.05) is 7.11 Å². The topological polar surface area (TPSA) is 55.8 Å². The first-order valence-corrected chi connectivity index (χ1v) is 3.25. The summed E-state index contributed by atoms with van der Waals surface area (Å²) in [6.07, 6.45) is 0. The fraction of sp³-hybridized carbons (Fsp3) is 0.125. The molecule has 0 radical (unpaired) electrons. The third kappa shape index (κ3) is 1.66. The van der Waals surface area contributed by atoms with Gasteiger partial charge in [0.2, 0.25) is 0 Å². The molecular weight excluding hydrogens is 160 g/mol. The van der Waals surface area contributed by atoms with Crippen LogP contribution in [0, 0.1) is 0 Å². The second-order valence-electron chi connectivity index (χ2n) is 2.05. The normalized spacial score (nSPS) is 9.08. The fourth-order valence-corrected chi connectivity index (χ4v) is 0.809. The molecule has 0 atom stereocenters. The van der Waals surface area contributed by atoms with E-state index in [0.29, 0.717) is 5.75 Å². The molecule has 4 heteroatoms. The van der Waals surface area contributed by atoms with Crippen LogP contribution in [-0.4, -0.2) is 18.7 Å². The first kappa shape index (κ1) is 8.39. The molecule has 64 valence electrons. The molecule has 1 aromatic carbocycles. The van der Waals surface area contributed by atoms with E-state index < -0.39 is 0 Å². The zero-order valence-electron chi connectivity index (χ0n) is 6.48. The first-order chi connectivity index (χ1) is 5.77. The molecule has 1 aromatic rings. The summed E-state index contributed by atoms with van der Waals surface area (Å²) in [6, 6.07) is 4.25. The summed E-state index contributed by atoms with van der Waals surface area (Å²) in [6.45, 7) is 0.275. The monoisotopic (exact) mass is 168 g/mol. The highest BCUT2D eigenvalue weighted by Crippen LogP contribution is 2.29. The minimum atomic E-state index is 0.0210. The van der Waals surface area contributed by atoms with E-state index in [1.54, 1.807) is 0 Å². The van der Waals surface area contributed by atoms with Gasteiger partial charge in [-0.15, -0.1) is 0 Å². The Morgan fingerprint density at radius 2 is 2.17 bits per heavy atom. The maximum Gasteiger partial charge on any atom is 0.298 e. The first-order valence-electron chi connectivity index (χ1n) is 3.25. The van der Waals surface area contributed by atoms with E-state index in [1.807, 2.05) is 0 Å². The van der Waals surface area contributed by atoms with Gasteiger partial charge in [0, 0.05) is 6.07 Å². The lowest BCUT2D eigenvalue weighted by Gasteiger charge is -2.05. The predicted octanol–water partition coefficient (Wildman–Crippen LogP) is 0.936. The number of methoxy groups -OCH3 is 1. The zero-order valence-corrected chi connectivity index (χ0v) is 6.48. The van der Waals surface area contributed by atoms with Crippen molar-refractivity contribution in [1.29, 1.82) is 0 Å². The quantitative estimate of drug-likeness (QED) is 0.682. The van der Waals surface area contributed by atoms with Gasteiger partial charge < -0.3 is 14.6 Å². The van der Waals surface area contributed by atoms with Crippen LogP contribution in [0.15, 0.2) is 18.2 Å². The van der Waals surface area contributed by atoms with E-state index in [4.69, 9.17) is 9.84 Å². The van der Waals surface area contributed by atoms with Crippen LogP contribution in [-0.2, 0) is 4.79 Å². The third-order valence-electron chi connectivity index (χ3n) is 1.32. The number of carbonyl (C=O) groups is 1. The van der Waals surface area contributed by atoms with Crippen molar-refractivity contribution in [1.82, 2.24) is 0 Å². The summed E-state index contributed by atoms with van der Waals surface area (Å²) >= 11 is 0. The van der Waals surface area contributed by atoms with E-state index >= 15 is 0 Å². The van der Waals surface area contributed by atoms with Crippen molar-refractivity contribution in [3.05, 3.63) is 18.2 Å². The Balaban J connectivity index is 3.03. The lowest BCUT2D eigenvalue weighted by molar-refractivity contribution is -0.120. The molecule has 0 amide bonds. The zero-order chi connectivity index (χ0) is 8.97. The number of benzene rings is 1. The van der Waals surface area contributed by atoms with E-state index in [0.717, 1.165) is 0 Å². The van der Waals surface area contributed by atoms with Gasteiger partial charge in [-0.25, -0.2) is 0 Å². The van der Waals surface area contributed by atoms with Crippen molar-refractivity contribution in [3.8, 4) is 17.2 Å². The lowest BCUT2D eigenvalue weighted by Crippen LogP contribution is -1.92. The second kappa shape index (κ2) is 3.61. The molecule has 0 spiro atoms. The Labute approximate surface area is 69.3 Å². The highest BCUT2D eigenvalue weighted by atomic mass is 16.5. The van der Waals surface area contributed by atoms with Crippen LogP contribution in [0.25, 0.3) is 0 Å². The van der Waals surface area contributed by atoms with Crippen molar-refractivity contribution in [2.24, 2.45) is 0 Å². The molecule has 0 unspecified atom stereocenters. The molecule has 4 nitrogen and oxygen atoms in total.